The largest absolute Gasteiger partial charge is 0.459 e. The second-order valence-corrected chi connectivity index (χ2v) is 5.48. The standard InChI is InChI=1S/C14H20N2O5/c1-9(13(19)21-14(2,3)4)16-11(17)8-15-12(18)10-6-5-7-20-10/h5-7,9H,8H2,1-4H3,(H,15,18)(H,16,17)/t9-/m0/s1. The van der Waals surface area contributed by atoms with E-state index in [4.69, 9.17) is 9.15 Å². The van der Waals surface area contributed by atoms with Crippen molar-refractivity contribution in [1.82, 2.24) is 10.6 Å². The molecule has 0 unspecified atom stereocenters. The van der Waals surface area contributed by atoms with Crippen molar-refractivity contribution in [3.63, 3.8) is 0 Å². The first-order chi connectivity index (χ1) is 9.69. The summed E-state index contributed by atoms with van der Waals surface area (Å²) in [4.78, 5) is 34.9. The van der Waals surface area contributed by atoms with Crippen LogP contribution in [0.25, 0.3) is 0 Å². The molecule has 1 aromatic heterocycles. The van der Waals surface area contributed by atoms with E-state index >= 15 is 0 Å². The molecule has 21 heavy (non-hydrogen) atoms. The fourth-order valence-electron chi connectivity index (χ4n) is 1.40. The Bertz CT molecular complexity index is 502. The van der Waals surface area contributed by atoms with Crippen LogP contribution in [-0.2, 0) is 14.3 Å². The molecule has 0 fully saturated rings. The number of amides is 2. The minimum atomic E-state index is -0.794. The molecule has 2 amide bonds. The van der Waals surface area contributed by atoms with Crippen LogP contribution in [0.15, 0.2) is 22.8 Å². The van der Waals surface area contributed by atoms with Crippen LogP contribution in [0, 0.1) is 0 Å². The number of furan rings is 1. The van der Waals surface area contributed by atoms with Crippen molar-refractivity contribution in [2.75, 3.05) is 6.54 Å². The Morgan fingerprint density at radius 2 is 2.00 bits per heavy atom. The number of ether oxygens (including phenoxy) is 1. The number of carbonyl (C=O) groups excluding carboxylic acids is 3. The molecule has 0 aliphatic carbocycles. The number of hydrogen-bond acceptors (Lipinski definition) is 5. The Morgan fingerprint density at radius 3 is 2.52 bits per heavy atom. The van der Waals surface area contributed by atoms with Gasteiger partial charge in [0.05, 0.1) is 12.8 Å². The van der Waals surface area contributed by atoms with E-state index in [1.54, 1.807) is 26.8 Å². The number of hydrogen-bond donors (Lipinski definition) is 2. The molecular weight excluding hydrogens is 276 g/mol. The average Bonchev–Trinajstić information content (AvgIpc) is 2.87. The van der Waals surface area contributed by atoms with Crippen LogP contribution in [0.2, 0.25) is 0 Å². The second kappa shape index (κ2) is 6.92. The van der Waals surface area contributed by atoms with Gasteiger partial charge in [0.2, 0.25) is 5.91 Å². The first-order valence-electron chi connectivity index (χ1n) is 6.53. The summed E-state index contributed by atoms with van der Waals surface area (Å²) in [5, 5.41) is 4.82. The van der Waals surface area contributed by atoms with Gasteiger partial charge in [-0.05, 0) is 39.8 Å². The molecule has 1 rings (SSSR count). The summed E-state index contributed by atoms with van der Waals surface area (Å²) < 4.78 is 10.0. The maximum Gasteiger partial charge on any atom is 0.328 e. The van der Waals surface area contributed by atoms with E-state index in [0.29, 0.717) is 0 Å². The lowest BCUT2D eigenvalue weighted by Crippen LogP contribution is -2.46. The van der Waals surface area contributed by atoms with Gasteiger partial charge in [0, 0.05) is 0 Å². The molecule has 116 valence electrons. The summed E-state index contributed by atoms with van der Waals surface area (Å²) in [6.07, 6.45) is 1.36. The van der Waals surface area contributed by atoms with Crippen molar-refractivity contribution in [3.05, 3.63) is 24.2 Å². The van der Waals surface area contributed by atoms with Crippen molar-refractivity contribution < 1.29 is 23.5 Å². The van der Waals surface area contributed by atoms with Gasteiger partial charge in [-0.2, -0.15) is 0 Å². The Labute approximate surface area is 123 Å². The third kappa shape index (κ3) is 6.11. The van der Waals surface area contributed by atoms with Crippen molar-refractivity contribution in [2.45, 2.75) is 39.3 Å². The van der Waals surface area contributed by atoms with E-state index in [-0.39, 0.29) is 12.3 Å². The molecule has 0 spiro atoms. The highest BCUT2D eigenvalue weighted by Crippen LogP contribution is 2.08. The highest BCUT2D eigenvalue weighted by atomic mass is 16.6. The van der Waals surface area contributed by atoms with Crippen LogP contribution in [0.5, 0.6) is 0 Å². The van der Waals surface area contributed by atoms with Crippen molar-refractivity contribution in [3.8, 4) is 0 Å². The van der Waals surface area contributed by atoms with Gasteiger partial charge in [-0.1, -0.05) is 0 Å². The second-order valence-electron chi connectivity index (χ2n) is 5.48. The van der Waals surface area contributed by atoms with Crippen molar-refractivity contribution in [2.24, 2.45) is 0 Å². The Hall–Kier alpha value is -2.31. The zero-order valence-electron chi connectivity index (χ0n) is 12.6. The van der Waals surface area contributed by atoms with Crippen LogP contribution < -0.4 is 10.6 Å². The first-order valence-corrected chi connectivity index (χ1v) is 6.53. The van der Waals surface area contributed by atoms with Crippen LogP contribution in [0.4, 0.5) is 0 Å². The van der Waals surface area contributed by atoms with E-state index in [2.05, 4.69) is 10.6 Å². The summed E-state index contributed by atoms with van der Waals surface area (Å²) in [5.74, 6) is -1.41. The van der Waals surface area contributed by atoms with E-state index in [9.17, 15) is 14.4 Å². The van der Waals surface area contributed by atoms with Gasteiger partial charge in [-0.15, -0.1) is 0 Å². The van der Waals surface area contributed by atoms with Crippen LogP contribution in [-0.4, -0.2) is 36.0 Å². The summed E-state index contributed by atoms with van der Waals surface area (Å²) in [6.45, 7) is 6.47. The van der Waals surface area contributed by atoms with Gasteiger partial charge >= 0.3 is 5.97 Å². The molecule has 0 bridgehead atoms. The van der Waals surface area contributed by atoms with E-state index in [1.807, 2.05) is 0 Å². The zero-order chi connectivity index (χ0) is 16.0. The minimum Gasteiger partial charge on any atom is -0.459 e. The fraction of sp³-hybridized carbons (Fsp3) is 0.500. The summed E-state index contributed by atoms with van der Waals surface area (Å²) >= 11 is 0. The Morgan fingerprint density at radius 1 is 1.33 bits per heavy atom. The lowest BCUT2D eigenvalue weighted by atomic mass is 10.2. The predicted octanol–water partition coefficient (Wildman–Crippen LogP) is 0.856. The fourth-order valence-corrected chi connectivity index (χ4v) is 1.40. The van der Waals surface area contributed by atoms with Crippen molar-refractivity contribution >= 4 is 17.8 Å². The van der Waals surface area contributed by atoms with Crippen molar-refractivity contribution in [1.29, 1.82) is 0 Å². The third-order valence-electron chi connectivity index (χ3n) is 2.29. The average molecular weight is 296 g/mol. The minimum absolute atomic E-state index is 0.114. The molecule has 0 radical (unpaired) electrons. The van der Waals surface area contributed by atoms with Gasteiger partial charge in [0.15, 0.2) is 5.76 Å². The maximum atomic E-state index is 11.7. The highest BCUT2D eigenvalue weighted by molar-refractivity contribution is 5.94. The first kappa shape index (κ1) is 16.7. The molecule has 0 saturated carbocycles. The summed E-state index contributed by atoms with van der Waals surface area (Å²) in [7, 11) is 0. The molecule has 1 atom stereocenters. The smallest absolute Gasteiger partial charge is 0.328 e. The molecule has 0 saturated heterocycles. The van der Waals surface area contributed by atoms with Crippen LogP contribution >= 0.6 is 0 Å². The molecule has 2 N–H and O–H groups in total. The van der Waals surface area contributed by atoms with Gasteiger partial charge < -0.3 is 19.8 Å². The normalized spacial score (nSPS) is 12.4. The Balaban J connectivity index is 2.36. The molecule has 0 aliphatic heterocycles. The lowest BCUT2D eigenvalue weighted by Gasteiger charge is -2.22. The molecular formula is C14H20N2O5. The van der Waals surface area contributed by atoms with E-state index in [1.165, 1.54) is 19.3 Å². The molecule has 0 aliphatic rings. The van der Waals surface area contributed by atoms with Crippen LogP contribution in [0.1, 0.15) is 38.2 Å². The monoisotopic (exact) mass is 296 g/mol. The maximum absolute atomic E-state index is 11.7. The molecule has 0 aromatic carbocycles. The molecule has 7 heteroatoms. The zero-order valence-corrected chi connectivity index (χ0v) is 12.6. The van der Waals surface area contributed by atoms with Gasteiger partial charge in [0.25, 0.3) is 5.91 Å². The number of nitrogens with one attached hydrogen (secondary N) is 2. The van der Waals surface area contributed by atoms with Crippen LogP contribution in [0.3, 0.4) is 0 Å². The topological polar surface area (TPSA) is 97.6 Å². The predicted molar refractivity (Wildman–Crippen MR) is 74.5 cm³/mol. The lowest BCUT2D eigenvalue weighted by molar-refractivity contribution is -0.158. The molecule has 7 nitrogen and oxygen atoms in total. The molecule has 1 heterocycles. The summed E-state index contributed by atoms with van der Waals surface area (Å²) in [5.41, 5.74) is -0.621. The highest BCUT2D eigenvalue weighted by Gasteiger charge is 2.23. The van der Waals surface area contributed by atoms with Gasteiger partial charge in [-0.3, -0.25) is 9.59 Å². The number of carbonyl (C=O) groups is 3. The SMILES string of the molecule is C[C@H](NC(=O)CNC(=O)c1ccco1)C(=O)OC(C)(C)C. The third-order valence-corrected chi connectivity index (χ3v) is 2.29. The van der Waals surface area contributed by atoms with Gasteiger partial charge in [0.1, 0.15) is 11.6 Å². The molecule has 1 aromatic rings. The quantitative estimate of drug-likeness (QED) is 0.785. The number of rotatable bonds is 5. The van der Waals surface area contributed by atoms with Gasteiger partial charge in [-0.25, -0.2) is 4.79 Å². The van der Waals surface area contributed by atoms with E-state index in [0.717, 1.165) is 0 Å². The summed E-state index contributed by atoms with van der Waals surface area (Å²) in [6, 6.07) is 2.26. The number of esters is 1. The Kier molecular flexibility index (Phi) is 5.52. The van der Waals surface area contributed by atoms with E-state index < -0.39 is 29.4 Å².